The van der Waals surface area contributed by atoms with E-state index in [0.29, 0.717) is 0 Å². The van der Waals surface area contributed by atoms with Crippen molar-refractivity contribution < 1.29 is 5.48 Å². The van der Waals surface area contributed by atoms with Gasteiger partial charge in [-0.05, 0) is 0 Å². The quantitative estimate of drug-likeness (QED) is 0.410. The lowest BCUT2D eigenvalue weighted by atomic mass is 11.0. The van der Waals surface area contributed by atoms with Crippen LogP contribution in [0.4, 0.5) is 0 Å². The maximum Gasteiger partial charge on any atom is 0.00151 e. The Balaban J connectivity index is 0. The molecule has 7 heavy (non-hydrogen) atoms. The van der Waals surface area contributed by atoms with Crippen LogP contribution in [0, 0.1) is 0 Å². The Labute approximate surface area is 44.8 Å². The van der Waals surface area contributed by atoms with Crippen LogP contribution in [0.3, 0.4) is 0 Å². The van der Waals surface area contributed by atoms with Gasteiger partial charge in [-0.3, -0.25) is 0 Å². The van der Waals surface area contributed by atoms with Crippen LogP contribution in [0.5, 0.6) is 0 Å². The van der Waals surface area contributed by atoms with Gasteiger partial charge < -0.3 is 5.48 Å². The van der Waals surface area contributed by atoms with Gasteiger partial charge in [0.05, 0.1) is 0 Å². The second kappa shape index (κ2) is 4.05. The maximum absolute atomic E-state index is 2.00. The van der Waals surface area contributed by atoms with Crippen LogP contribution in [-0.4, -0.2) is 43.7 Å². The van der Waals surface area contributed by atoms with Crippen molar-refractivity contribution >= 4 is 0 Å². The number of hydrogen-bond donors (Lipinski definition) is 0. The van der Waals surface area contributed by atoms with E-state index in [9.17, 15) is 0 Å². The summed E-state index contributed by atoms with van der Waals surface area (Å²) in [6.07, 6.45) is 0. The van der Waals surface area contributed by atoms with E-state index in [-0.39, 0.29) is 5.48 Å². The highest BCUT2D eigenvalue weighted by molar-refractivity contribution is 4.21. The fourth-order valence-electron chi connectivity index (χ4n) is 0. The molecular weight excluding hydrogens is 92.1 g/mol. The van der Waals surface area contributed by atoms with E-state index in [1.54, 1.807) is 0 Å². The summed E-state index contributed by atoms with van der Waals surface area (Å²) in [5.74, 6) is 0. The lowest BCUT2D eigenvalue weighted by Crippen LogP contribution is -2.28. The summed E-state index contributed by atoms with van der Waals surface area (Å²) < 4.78 is 0. The number of rotatable bonds is 1. The SMILES string of the molecule is CN(C)N(C)C.O. The van der Waals surface area contributed by atoms with E-state index in [1.165, 1.54) is 0 Å². The van der Waals surface area contributed by atoms with E-state index in [2.05, 4.69) is 0 Å². The minimum Gasteiger partial charge on any atom is -0.412 e. The maximum atomic E-state index is 2.00. The van der Waals surface area contributed by atoms with Crippen molar-refractivity contribution in [3.8, 4) is 0 Å². The van der Waals surface area contributed by atoms with Gasteiger partial charge in [0.2, 0.25) is 0 Å². The van der Waals surface area contributed by atoms with Crippen LogP contribution in [0.15, 0.2) is 0 Å². The summed E-state index contributed by atoms with van der Waals surface area (Å²) in [5, 5.41) is 4.00. The molecule has 0 aliphatic carbocycles. The highest BCUT2D eigenvalue weighted by Gasteiger charge is 1.84. The average molecular weight is 106 g/mol. The van der Waals surface area contributed by atoms with Gasteiger partial charge in [-0.2, -0.15) is 0 Å². The van der Waals surface area contributed by atoms with Crippen molar-refractivity contribution in [1.82, 2.24) is 10.0 Å². The molecule has 0 fully saturated rings. The van der Waals surface area contributed by atoms with Crippen LogP contribution >= 0.6 is 0 Å². The molecule has 0 aromatic rings. The smallest absolute Gasteiger partial charge is 0.00151 e. The van der Waals surface area contributed by atoms with E-state index in [0.717, 1.165) is 0 Å². The number of hydrazine groups is 1. The first kappa shape index (κ1) is 9.99. The summed E-state index contributed by atoms with van der Waals surface area (Å²) in [4.78, 5) is 0. The lowest BCUT2D eigenvalue weighted by molar-refractivity contribution is 0.0894. The molecule has 0 amide bonds. The van der Waals surface area contributed by atoms with Gasteiger partial charge in [0.1, 0.15) is 0 Å². The molecule has 0 aromatic heterocycles. The van der Waals surface area contributed by atoms with Crippen molar-refractivity contribution in [3.63, 3.8) is 0 Å². The van der Waals surface area contributed by atoms with Crippen molar-refractivity contribution in [2.24, 2.45) is 0 Å². The zero-order valence-corrected chi connectivity index (χ0v) is 5.39. The number of nitrogens with zero attached hydrogens (tertiary/aromatic N) is 2. The summed E-state index contributed by atoms with van der Waals surface area (Å²) in [5.41, 5.74) is 0. The van der Waals surface area contributed by atoms with Gasteiger partial charge in [0.15, 0.2) is 0 Å². The molecule has 0 aliphatic rings. The second-order valence-electron chi connectivity index (χ2n) is 1.69. The predicted octanol–water partition coefficient (Wildman–Crippen LogP) is -0.800. The molecule has 0 unspecified atom stereocenters. The van der Waals surface area contributed by atoms with Crippen LogP contribution in [0.1, 0.15) is 0 Å². The van der Waals surface area contributed by atoms with Crippen LogP contribution in [0.2, 0.25) is 0 Å². The summed E-state index contributed by atoms with van der Waals surface area (Å²) >= 11 is 0. The largest absolute Gasteiger partial charge is 0.412 e. The van der Waals surface area contributed by atoms with Gasteiger partial charge in [0.25, 0.3) is 0 Å². The molecular formula is C4H14N2O. The monoisotopic (exact) mass is 106 g/mol. The standard InChI is InChI=1S/C4H12N2.H2O/c1-5(2)6(3)4;/h1-4H3;1H2. The van der Waals surface area contributed by atoms with E-state index in [4.69, 9.17) is 0 Å². The first-order valence-corrected chi connectivity index (χ1v) is 1.99. The Morgan fingerprint density at radius 3 is 0.857 bits per heavy atom. The van der Waals surface area contributed by atoms with E-state index >= 15 is 0 Å². The van der Waals surface area contributed by atoms with Gasteiger partial charge in [-0.1, -0.05) is 0 Å². The molecule has 0 saturated heterocycles. The van der Waals surface area contributed by atoms with Crippen molar-refractivity contribution in [2.45, 2.75) is 0 Å². The van der Waals surface area contributed by atoms with Crippen LogP contribution in [0.25, 0.3) is 0 Å². The Morgan fingerprint density at radius 2 is 0.857 bits per heavy atom. The molecule has 0 saturated carbocycles. The Bertz CT molecular complexity index is 30.7. The van der Waals surface area contributed by atoms with Gasteiger partial charge in [-0.25, -0.2) is 10.0 Å². The Morgan fingerprint density at radius 1 is 0.714 bits per heavy atom. The zero-order valence-electron chi connectivity index (χ0n) is 5.39. The average Bonchev–Trinajstić information content (AvgIpc) is 1.36. The molecule has 0 aliphatic heterocycles. The van der Waals surface area contributed by atoms with E-state index < -0.39 is 0 Å². The van der Waals surface area contributed by atoms with Crippen molar-refractivity contribution in [1.29, 1.82) is 0 Å². The molecule has 3 heteroatoms. The topological polar surface area (TPSA) is 38.0 Å². The zero-order chi connectivity index (χ0) is 5.15. The number of hydrogen-bond acceptors (Lipinski definition) is 2. The first-order chi connectivity index (χ1) is 2.64. The molecule has 0 radical (unpaired) electrons. The first-order valence-electron chi connectivity index (χ1n) is 1.99. The Kier molecular flexibility index (Phi) is 5.78. The second-order valence-corrected chi connectivity index (χ2v) is 1.69. The van der Waals surface area contributed by atoms with Gasteiger partial charge in [-0.15, -0.1) is 0 Å². The summed E-state index contributed by atoms with van der Waals surface area (Å²) in [6.45, 7) is 0. The molecule has 0 atom stereocenters. The normalized spacial score (nSPS) is 9.43. The molecule has 0 rings (SSSR count). The summed E-state index contributed by atoms with van der Waals surface area (Å²) in [6, 6.07) is 0. The molecule has 0 heterocycles. The highest BCUT2D eigenvalue weighted by atomic mass is 16.0. The third kappa shape index (κ3) is 5.88. The highest BCUT2D eigenvalue weighted by Crippen LogP contribution is 1.72. The molecule has 3 nitrogen and oxygen atoms in total. The predicted molar refractivity (Wildman–Crippen MR) is 31.0 cm³/mol. The molecule has 2 N–H and O–H groups in total. The fourth-order valence-corrected chi connectivity index (χ4v) is 0. The summed E-state index contributed by atoms with van der Waals surface area (Å²) in [7, 11) is 8.00. The van der Waals surface area contributed by atoms with Crippen LogP contribution < -0.4 is 0 Å². The van der Waals surface area contributed by atoms with Gasteiger partial charge >= 0.3 is 0 Å². The van der Waals surface area contributed by atoms with E-state index in [1.807, 2.05) is 38.2 Å². The van der Waals surface area contributed by atoms with Crippen molar-refractivity contribution in [2.75, 3.05) is 28.2 Å². The molecule has 46 valence electrons. The van der Waals surface area contributed by atoms with Gasteiger partial charge in [0, 0.05) is 28.2 Å². The molecule has 0 spiro atoms. The van der Waals surface area contributed by atoms with Crippen molar-refractivity contribution in [3.05, 3.63) is 0 Å². The fraction of sp³-hybridized carbons (Fsp3) is 1.00. The van der Waals surface area contributed by atoms with Crippen LogP contribution in [-0.2, 0) is 0 Å². The lowest BCUT2D eigenvalue weighted by Gasteiger charge is -2.17. The minimum absolute atomic E-state index is 0. The third-order valence-electron chi connectivity index (χ3n) is 0.800. The third-order valence-corrected chi connectivity index (χ3v) is 0.800. The minimum atomic E-state index is 0. The molecule has 0 aromatic carbocycles. The Hall–Kier alpha value is -0.120. The molecule has 0 bridgehead atoms.